The van der Waals surface area contributed by atoms with Crippen LogP contribution in [0.25, 0.3) is 0 Å². The van der Waals surface area contributed by atoms with Crippen LogP contribution in [0.3, 0.4) is 0 Å². The second-order valence-corrected chi connectivity index (χ2v) is 11.1. The number of hydrogen-bond acceptors (Lipinski definition) is 4. The molecule has 7 rings (SSSR count). The molecule has 7 aliphatic rings. The Balaban J connectivity index is 1.21. The molecule has 12 unspecified atom stereocenters. The monoisotopic (exact) mass is 394 g/mol. The number of carbonyl (C=O) groups is 2. The lowest BCUT2D eigenvalue weighted by Crippen LogP contribution is -2.53. The van der Waals surface area contributed by atoms with Gasteiger partial charge >= 0.3 is 0 Å². The van der Waals surface area contributed by atoms with Gasteiger partial charge in [-0.3, -0.25) is 29.4 Å². The Morgan fingerprint density at radius 2 is 1.24 bits per heavy atom. The van der Waals surface area contributed by atoms with Gasteiger partial charge in [-0.25, -0.2) is 0 Å². The number of hydrogen-bond donors (Lipinski definition) is 0. The lowest BCUT2D eigenvalue weighted by molar-refractivity contribution is -0.139. The van der Waals surface area contributed by atoms with E-state index in [4.69, 9.17) is 9.98 Å². The van der Waals surface area contributed by atoms with E-state index in [1.807, 2.05) is 0 Å². The van der Waals surface area contributed by atoms with Gasteiger partial charge in [-0.15, -0.1) is 0 Å². The lowest BCUT2D eigenvalue weighted by atomic mass is 9.59. The van der Waals surface area contributed by atoms with E-state index < -0.39 is 0 Å². The summed E-state index contributed by atoms with van der Waals surface area (Å²) in [6.45, 7) is 9.00. The normalized spacial score (nSPS) is 56.3. The Bertz CT molecular complexity index is 911. The Hall–Kier alpha value is -1.72. The molecule has 3 saturated carbocycles. The van der Waals surface area contributed by atoms with Crippen molar-refractivity contribution in [3.05, 3.63) is 0 Å². The summed E-state index contributed by atoms with van der Waals surface area (Å²) < 4.78 is 0. The fraction of sp³-hybridized carbons (Fsp3) is 0.826. The minimum Gasteiger partial charge on any atom is -0.295 e. The van der Waals surface area contributed by atoms with Gasteiger partial charge in [0.15, 0.2) is 0 Å². The summed E-state index contributed by atoms with van der Waals surface area (Å²) in [6.07, 6.45) is 2.82. The summed E-state index contributed by atoms with van der Waals surface area (Å²) in [4.78, 5) is 40.9. The SMILES string of the molecule is CC1CC2C3=NC4CC5C(CC4N3C(=O)C2C1C)N=C1C2C(C)C(C)C2C(=O)N15. The Morgan fingerprint density at radius 3 is 1.93 bits per heavy atom. The van der Waals surface area contributed by atoms with E-state index in [-0.39, 0.29) is 36.0 Å². The molecule has 4 heterocycles. The van der Waals surface area contributed by atoms with Crippen LogP contribution in [0.4, 0.5) is 0 Å². The molecule has 2 amide bonds. The molecule has 6 nitrogen and oxygen atoms in total. The maximum Gasteiger partial charge on any atom is 0.232 e. The summed E-state index contributed by atoms with van der Waals surface area (Å²) in [7, 11) is 0. The average Bonchev–Trinajstić information content (AvgIpc) is 3.42. The summed E-state index contributed by atoms with van der Waals surface area (Å²) in [6, 6.07) is 0.636. The zero-order chi connectivity index (χ0) is 19.9. The van der Waals surface area contributed by atoms with E-state index in [2.05, 4.69) is 37.5 Å². The zero-order valence-corrected chi connectivity index (χ0v) is 17.7. The van der Waals surface area contributed by atoms with Crippen molar-refractivity contribution in [2.24, 2.45) is 57.3 Å². The minimum atomic E-state index is 0.139. The quantitative estimate of drug-likeness (QED) is 0.632. The number of fused-ring (bicyclic) bond motifs is 10. The van der Waals surface area contributed by atoms with Crippen molar-refractivity contribution >= 4 is 23.5 Å². The van der Waals surface area contributed by atoms with Crippen LogP contribution >= 0.6 is 0 Å². The number of nitrogens with zero attached hydrogens (tertiary/aromatic N) is 4. The van der Waals surface area contributed by atoms with Crippen molar-refractivity contribution in [2.45, 2.75) is 71.1 Å². The van der Waals surface area contributed by atoms with Gasteiger partial charge in [-0.05, 0) is 42.9 Å². The highest BCUT2D eigenvalue weighted by Crippen LogP contribution is 2.56. The van der Waals surface area contributed by atoms with Crippen molar-refractivity contribution in [3.8, 4) is 0 Å². The first-order valence-electron chi connectivity index (χ1n) is 11.7. The van der Waals surface area contributed by atoms with Crippen LogP contribution in [0.5, 0.6) is 0 Å². The number of aliphatic imine (C=N–C) groups is 2. The van der Waals surface area contributed by atoms with Crippen LogP contribution in [-0.2, 0) is 9.59 Å². The van der Waals surface area contributed by atoms with E-state index in [1.54, 1.807) is 0 Å². The topological polar surface area (TPSA) is 65.3 Å². The molecule has 0 bridgehead atoms. The van der Waals surface area contributed by atoms with Crippen molar-refractivity contribution in [1.29, 1.82) is 0 Å². The van der Waals surface area contributed by atoms with E-state index in [0.717, 1.165) is 30.9 Å². The molecule has 5 fully saturated rings. The molecule has 6 heteroatoms. The molecule has 0 aromatic carbocycles. The van der Waals surface area contributed by atoms with Crippen molar-refractivity contribution < 1.29 is 9.59 Å². The van der Waals surface area contributed by atoms with E-state index in [1.165, 1.54) is 0 Å². The molecule has 12 atom stereocenters. The van der Waals surface area contributed by atoms with Crippen molar-refractivity contribution in [2.75, 3.05) is 0 Å². The van der Waals surface area contributed by atoms with Crippen LogP contribution in [0.15, 0.2) is 9.98 Å². The Kier molecular flexibility index (Phi) is 3.00. The van der Waals surface area contributed by atoms with Gasteiger partial charge in [0.1, 0.15) is 11.7 Å². The third-order valence-corrected chi connectivity index (χ3v) is 10.2. The fourth-order valence-electron chi connectivity index (χ4n) is 8.24. The Labute approximate surface area is 171 Å². The first kappa shape index (κ1) is 17.0. The standard InChI is InChI=1S/C23H30N4O2/c1-8-5-12-17(9(8)2)22(28)26-15-7-14-16(6-13(15)24-20(12)26)27-21(25-14)18-10(3)11(4)19(18)23(27)29/h8-19H,5-7H2,1-4H3. The molecule has 154 valence electrons. The second kappa shape index (κ2) is 5.12. The molecule has 0 radical (unpaired) electrons. The van der Waals surface area contributed by atoms with E-state index in [0.29, 0.717) is 47.3 Å². The molecule has 3 aliphatic carbocycles. The molecule has 0 aromatic rings. The zero-order valence-electron chi connectivity index (χ0n) is 17.7. The van der Waals surface area contributed by atoms with Gasteiger partial charge in [-0.1, -0.05) is 27.7 Å². The maximum absolute atomic E-state index is 13.3. The largest absolute Gasteiger partial charge is 0.295 e. The molecule has 29 heavy (non-hydrogen) atoms. The number of amidine groups is 2. The van der Waals surface area contributed by atoms with Gasteiger partial charge in [-0.2, -0.15) is 0 Å². The number of carbonyl (C=O) groups excluding carboxylic acids is 2. The van der Waals surface area contributed by atoms with E-state index >= 15 is 0 Å². The van der Waals surface area contributed by atoms with Crippen molar-refractivity contribution in [3.63, 3.8) is 0 Å². The average molecular weight is 395 g/mol. The molecule has 0 aromatic heterocycles. The van der Waals surface area contributed by atoms with Gasteiger partial charge in [0, 0.05) is 11.8 Å². The summed E-state index contributed by atoms with van der Waals surface area (Å²) in [5, 5.41) is 0. The summed E-state index contributed by atoms with van der Waals surface area (Å²) >= 11 is 0. The van der Waals surface area contributed by atoms with Gasteiger partial charge in [0.05, 0.1) is 36.0 Å². The molecule has 4 aliphatic heterocycles. The third kappa shape index (κ3) is 1.74. The van der Waals surface area contributed by atoms with Crippen LogP contribution in [0.1, 0.15) is 47.0 Å². The first-order chi connectivity index (χ1) is 13.9. The number of rotatable bonds is 0. The van der Waals surface area contributed by atoms with Crippen LogP contribution in [-0.4, -0.2) is 57.5 Å². The summed E-state index contributed by atoms with van der Waals surface area (Å²) in [5.74, 6) is 5.77. The van der Waals surface area contributed by atoms with Gasteiger partial charge in [0.25, 0.3) is 0 Å². The van der Waals surface area contributed by atoms with Crippen LogP contribution in [0.2, 0.25) is 0 Å². The van der Waals surface area contributed by atoms with Gasteiger partial charge in [0.2, 0.25) is 11.8 Å². The fourth-order valence-corrected chi connectivity index (χ4v) is 8.24. The first-order valence-corrected chi connectivity index (χ1v) is 11.7. The van der Waals surface area contributed by atoms with Crippen LogP contribution in [0, 0.1) is 47.3 Å². The molecule has 0 spiro atoms. The molecule has 0 N–H and O–H groups in total. The highest BCUT2D eigenvalue weighted by molar-refractivity contribution is 6.11. The third-order valence-electron chi connectivity index (χ3n) is 10.2. The predicted octanol–water partition coefficient (Wildman–Crippen LogP) is 2.19. The number of amides is 2. The highest BCUT2D eigenvalue weighted by Gasteiger charge is 2.66. The summed E-state index contributed by atoms with van der Waals surface area (Å²) in [5.41, 5.74) is 0. The van der Waals surface area contributed by atoms with Gasteiger partial charge < -0.3 is 0 Å². The predicted molar refractivity (Wildman–Crippen MR) is 108 cm³/mol. The maximum atomic E-state index is 13.3. The van der Waals surface area contributed by atoms with Crippen LogP contribution < -0.4 is 0 Å². The molecule has 2 saturated heterocycles. The molecular formula is C23H30N4O2. The van der Waals surface area contributed by atoms with Crippen molar-refractivity contribution in [1.82, 2.24) is 9.80 Å². The second-order valence-electron chi connectivity index (χ2n) is 11.1. The highest BCUT2D eigenvalue weighted by atomic mass is 16.2. The Morgan fingerprint density at radius 1 is 0.690 bits per heavy atom. The lowest BCUT2D eigenvalue weighted by Gasteiger charge is -2.43. The molecular weight excluding hydrogens is 364 g/mol. The minimum absolute atomic E-state index is 0.139. The smallest absolute Gasteiger partial charge is 0.232 e. The van der Waals surface area contributed by atoms with E-state index in [9.17, 15) is 9.59 Å².